The molecule has 11 heteroatoms. The van der Waals surface area contributed by atoms with Gasteiger partial charge >= 0.3 is 6.03 Å². The minimum Gasteiger partial charge on any atom is -0.364 e. The maximum Gasteiger partial charge on any atom is 0.330 e. The molecular weight excluding hydrogens is 407 g/mol. The summed E-state index contributed by atoms with van der Waals surface area (Å²) in [5, 5.41) is 1.73. The molecule has 0 aromatic heterocycles. The fourth-order valence-corrected chi connectivity index (χ4v) is 2.72. The third-order valence-electron chi connectivity index (χ3n) is 3.35. The fraction of sp³-hybridized carbons (Fsp3) is 0.176. The van der Waals surface area contributed by atoms with Gasteiger partial charge in [0.25, 0.3) is 11.7 Å². The van der Waals surface area contributed by atoms with Gasteiger partial charge in [0.2, 0.25) is 0 Å². The van der Waals surface area contributed by atoms with Crippen molar-refractivity contribution in [2.75, 3.05) is 18.7 Å². The maximum absolute atomic E-state index is 14.3. The van der Waals surface area contributed by atoms with Gasteiger partial charge in [-0.15, -0.1) is 0 Å². The number of imide groups is 1. The average molecular weight is 420 g/mol. The molecule has 1 N–H and O–H groups in total. The number of benzene rings is 2. The van der Waals surface area contributed by atoms with E-state index in [-0.39, 0.29) is 22.3 Å². The Labute approximate surface area is 160 Å². The van der Waals surface area contributed by atoms with Crippen molar-refractivity contribution in [1.29, 1.82) is 0 Å². The third-order valence-corrected chi connectivity index (χ3v) is 4.05. The first-order chi connectivity index (χ1) is 13.2. The molecule has 0 heterocycles. The zero-order valence-electron chi connectivity index (χ0n) is 14.2. The summed E-state index contributed by atoms with van der Waals surface area (Å²) >= 11 is 0.105. The minimum absolute atomic E-state index is 0.0847. The molecule has 0 aliphatic carbocycles. The summed E-state index contributed by atoms with van der Waals surface area (Å²) in [4.78, 5) is 24.9. The Balaban J connectivity index is 2.26. The van der Waals surface area contributed by atoms with Crippen LogP contribution in [0.4, 0.5) is 32.4 Å². The number of thioether (sulfide) groups is 1. The first-order valence-corrected chi connectivity index (χ1v) is 8.42. The second-order valence-corrected chi connectivity index (χ2v) is 6.26. The highest BCUT2D eigenvalue weighted by Crippen LogP contribution is 2.29. The highest BCUT2D eigenvalue weighted by Gasteiger charge is 2.25. The second-order valence-electron chi connectivity index (χ2n) is 5.19. The van der Waals surface area contributed by atoms with Gasteiger partial charge in [-0.2, -0.15) is 8.78 Å². The molecule has 150 valence electrons. The molecule has 0 fully saturated rings. The smallest absolute Gasteiger partial charge is 0.330 e. The second kappa shape index (κ2) is 9.51. The summed E-state index contributed by atoms with van der Waals surface area (Å²) in [5.74, 6) is -7.57. The van der Waals surface area contributed by atoms with Gasteiger partial charge in [0.05, 0.1) is 5.69 Å². The number of alkyl halides is 2. The van der Waals surface area contributed by atoms with Gasteiger partial charge < -0.3 is 4.74 Å². The fourth-order valence-electron chi connectivity index (χ4n) is 2.19. The van der Waals surface area contributed by atoms with E-state index in [1.807, 2.05) is 0 Å². The Morgan fingerprint density at radius 1 is 1.11 bits per heavy atom. The van der Waals surface area contributed by atoms with E-state index in [4.69, 9.17) is 4.74 Å². The van der Waals surface area contributed by atoms with E-state index < -0.39 is 47.4 Å². The molecule has 2 rings (SSSR count). The lowest BCUT2D eigenvalue weighted by Crippen LogP contribution is -2.44. The van der Waals surface area contributed by atoms with Crippen LogP contribution in [0.5, 0.6) is 0 Å². The van der Waals surface area contributed by atoms with Gasteiger partial charge in [-0.3, -0.25) is 15.0 Å². The number of anilines is 1. The van der Waals surface area contributed by atoms with Crippen LogP contribution in [0.1, 0.15) is 10.4 Å². The van der Waals surface area contributed by atoms with Crippen LogP contribution in [0, 0.1) is 17.5 Å². The van der Waals surface area contributed by atoms with Crippen molar-refractivity contribution >= 4 is 29.4 Å². The normalized spacial score (nSPS) is 10.8. The van der Waals surface area contributed by atoms with Crippen LogP contribution < -0.4 is 10.2 Å². The molecule has 0 saturated carbocycles. The predicted molar refractivity (Wildman–Crippen MR) is 91.8 cm³/mol. The van der Waals surface area contributed by atoms with Crippen molar-refractivity contribution in [3.05, 3.63) is 59.4 Å². The molecule has 28 heavy (non-hydrogen) atoms. The maximum atomic E-state index is 14.3. The van der Waals surface area contributed by atoms with E-state index in [1.165, 1.54) is 7.11 Å². The molecule has 0 aliphatic rings. The number of ether oxygens (including phenoxy) is 1. The Hall–Kier alpha value is -2.66. The zero-order valence-corrected chi connectivity index (χ0v) is 15.0. The summed E-state index contributed by atoms with van der Waals surface area (Å²) in [6.07, 6.45) is 0. The van der Waals surface area contributed by atoms with Gasteiger partial charge in [0, 0.05) is 12.0 Å². The van der Waals surface area contributed by atoms with Crippen LogP contribution in [0.25, 0.3) is 0 Å². The number of urea groups is 1. The van der Waals surface area contributed by atoms with Crippen LogP contribution in [-0.2, 0) is 4.74 Å². The lowest BCUT2D eigenvalue weighted by atomic mass is 10.2. The highest BCUT2D eigenvalue weighted by molar-refractivity contribution is 7.99. The van der Waals surface area contributed by atoms with E-state index in [0.29, 0.717) is 4.90 Å². The molecule has 5 nitrogen and oxygen atoms in total. The summed E-state index contributed by atoms with van der Waals surface area (Å²) in [5.41, 5.74) is -1.38. The van der Waals surface area contributed by atoms with Gasteiger partial charge in [0.1, 0.15) is 29.7 Å². The van der Waals surface area contributed by atoms with Crippen LogP contribution in [0.3, 0.4) is 0 Å². The highest BCUT2D eigenvalue weighted by atomic mass is 32.2. The monoisotopic (exact) mass is 420 g/mol. The standard InChI is InChI=1S/C17H13F5N2O3S/c1-27-8-24(13-6-5-9(7-12(13)20)28-16(21)22)17(26)23-15(25)14-10(18)3-2-4-11(14)19/h2-7,16H,8H2,1H3,(H,23,25,26). The van der Waals surface area contributed by atoms with E-state index in [0.717, 1.165) is 36.4 Å². The number of halogens is 5. The topological polar surface area (TPSA) is 58.6 Å². The minimum atomic E-state index is -2.77. The Kier molecular flexibility index (Phi) is 7.35. The third kappa shape index (κ3) is 5.20. The first-order valence-electron chi connectivity index (χ1n) is 7.54. The largest absolute Gasteiger partial charge is 0.364 e. The lowest BCUT2D eigenvalue weighted by molar-refractivity contribution is 0.0955. The number of methoxy groups -OCH3 is 1. The zero-order chi connectivity index (χ0) is 20.8. The molecule has 2 aromatic rings. The van der Waals surface area contributed by atoms with E-state index in [2.05, 4.69) is 0 Å². The quantitative estimate of drug-likeness (QED) is 0.428. The summed E-state index contributed by atoms with van der Waals surface area (Å²) in [6, 6.07) is 4.41. The first kappa shape index (κ1) is 21.6. The van der Waals surface area contributed by atoms with Crippen LogP contribution >= 0.6 is 11.8 Å². The van der Waals surface area contributed by atoms with E-state index in [1.54, 1.807) is 5.32 Å². The van der Waals surface area contributed by atoms with Gasteiger partial charge in [-0.1, -0.05) is 17.8 Å². The van der Waals surface area contributed by atoms with Crippen molar-refractivity contribution in [2.45, 2.75) is 10.7 Å². The molecule has 0 spiro atoms. The Morgan fingerprint density at radius 3 is 2.29 bits per heavy atom. The predicted octanol–water partition coefficient (Wildman–Crippen LogP) is 4.38. The number of carbonyl (C=O) groups is 2. The van der Waals surface area contributed by atoms with Crippen molar-refractivity contribution in [3.63, 3.8) is 0 Å². The molecule has 0 bridgehead atoms. The lowest BCUT2D eigenvalue weighted by Gasteiger charge is -2.22. The Morgan fingerprint density at radius 2 is 1.75 bits per heavy atom. The molecular formula is C17H13F5N2O3S. The van der Waals surface area contributed by atoms with E-state index >= 15 is 0 Å². The van der Waals surface area contributed by atoms with Crippen LogP contribution in [0.2, 0.25) is 0 Å². The number of hydrogen-bond acceptors (Lipinski definition) is 4. The molecule has 0 saturated heterocycles. The number of hydrogen-bond donors (Lipinski definition) is 1. The van der Waals surface area contributed by atoms with Crippen LogP contribution in [-0.4, -0.2) is 31.5 Å². The summed E-state index contributed by atoms with van der Waals surface area (Å²) in [6.45, 7) is -0.531. The molecule has 0 radical (unpaired) electrons. The number of rotatable bonds is 6. The van der Waals surface area contributed by atoms with Crippen molar-refractivity contribution < 1.29 is 36.3 Å². The number of carbonyl (C=O) groups excluding carboxylic acids is 2. The number of amides is 3. The summed E-state index contributed by atoms with van der Waals surface area (Å²) < 4.78 is 71.1. The van der Waals surface area contributed by atoms with Gasteiger partial charge in [-0.05, 0) is 30.3 Å². The Bertz CT molecular complexity index is 862. The molecule has 0 aliphatic heterocycles. The molecule has 2 aromatic carbocycles. The SMILES string of the molecule is COCN(C(=O)NC(=O)c1c(F)cccc1F)c1ccc(SC(F)F)cc1F. The molecule has 0 atom stereocenters. The van der Waals surface area contributed by atoms with Crippen molar-refractivity contribution in [2.24, 2.45) is 0 Å². The summed E-state index contributed by atoms with van der Waals surface area (Å²) in [7, 11) is 1.18. The number of nitrogens with zero attached hydrogens (tertiary/aromatic N) is 1. The molecule has 3 amide bonds. The number of nitrogens with one attached hydrogen (secondary N) is 1. The van der Waals surface area contributed by atoms with E-state index in [9.17, 15) is 31.5 Å². The van der Waals surface area contributed by atoms with Crippen molar-refractivity contribution in [1.82, 2.24) is 5.32 Å². The van der Waals surface area contributed by atoms with Crippen molar-refractivity contribution in [3.8, 4) is 0 Å². The van der Waals surface area contributed by atoms with Crippen LogP contribution in [0.15, 0.2) is 41.3 Å². The average Bonchev–Trinajstić information content (AvgIpc) is 2.59. The van der Waals surface area contributed by atoms with Gasteiger partial charge in [0.15, 0.2) is 0 Å². The van der Waals surface area contributed by atoms with Gasteiger partial charge in [-0.25, -0.2) is 18.0 Å². The molecule has 0 unspecified atom stereocenters.